The molecule has 0 aliphatic carbocycles. The first-order valence-electron chi connectivity index (χ1n) is 6.38. The highest BCUT2D eigenvalue weighted by Crippen LogP contribution is 2.23. The Morgan fingerprint density at radius 2 is 1.86 bits per heavy atom. The molecule has 0 aliphatic heterocycles. The fourth-order valence-electron chi connectivity index (χ4n) is 1.94. The average Bonchev–Trinajstić information content (AvgIpc) is 2.52. The van der Waals surface area contributed by atoms with E-state index in [2.05, 4.69) is 5.32 Å². The van der Waals surface area contributed by atoms with Gasteiger partial charge in [-0.2, -0.15) is 0 Å². The molecule has 2 aromatic carbocycles. The summed E-state index contributed by atoms with van der Waals surface area (Å²) in [6, 6.07) is 12.2. The normalized spacial score (nSPS) is 11.6. The second-order valence-electron chi connectivity index (χ2n) is 4.38. The van der Waals surface area contributed by atoms with Gasteiger partial charge >= 0.3 is 5.97 Å². The van der Waals surface area contributed by atoms with Crippen LogP contribution in [-0.2, 0) is 9.53 Å². The molecule has 0 fully saturated rings. The van der Waals surface area contributed by atoms with Gasteiger partial charge in [-0.05, 0) is 35.9 Å². The van der Waals surface area contributed by atoms with E-state index in [4.69, 9.17) is 9.47 Å². The van der Waals surface area contributed by atoms with E-state index in [0.717, 1.165) is 0 Å². The molecule has 0 heterocycles. The number of esters is 1. The third-order valence-corrected chi connectivity index (χ3v) is 3.02. The topological polar surface area (TPSA) is 47.6 Å². The van der Waals surface area contributed by atoms with Crippen LogP contribution in [0.2, 0.25) is 0 Å². The van der Waals surface area contributed by atoms with Crippen LogP contribution in [0.4, 0.5) is 10.1 Å². The molecule has 21 heavy (non-hydrogen) atoms. The van der Waals surface area contributed by atoms with Gasteiger partial charge in [0.1, 0.15) is 11.6 Å². The molecule has 0 saturated heterocycles. The van der Waals surface area contributed by atoms with Crippen molar-refractivity contribution in [3.63, 3.8) is 0 Å². The number of hydrogen-bond donors (Lipinski definition) is 1. The first-order valence-corrected chi connectivity index (χ1v) is 6.38. The fourth-order valence-corrected chi connectivity index (χ4v) is 1.94. The lowest BCUT2D eigenvalue weighted by Crippen LogP contribution is -2.22. The molecular formula is C16H16FNO3. The maximum atomic E-state index is 13.2. The van der Waals surface area contributed by atoms with Gasteiger partial charge in [0.25, 0.3) is 0 Å². The minimum atomic E-state index is -0.720. The maximum Gasteiger partial charge on any atom is 0.332 e. The van der Waals surface area contributed by atoms with Crippen molar-refractivity contribution in [2.75, 3.05) is 19.5 Å². The highest BCUT2D eigenvalue weighted by Gasteiger charge is 2.21. The molecule has 1 unspecified atom stereocenters. The van der Waals surface area contributed by atoms with Crippen LogP contribution in [0.15, 0.2) is 48.5 Å². The molecule has 0 spiro atoms. The van der Waals surface area contributed by atoms with Gasteiger partial charge in [-0.1, -0.05) is 18.2 Å². The first-order chi connectivity index (χ1) is 10.1. The van der Waals surface area contributed by atoms with Crippen LogP contribution in [0, 0.1) is 5.82 Å². The second kappa shape index (κ2) is 6.74. The van der Waals surface area contributed by atoms with Crippen LogP contribution in [-0.4, -0.2) is 20.2 Å². The second-order valence-corrected chi connectivity index (χ2v) is 4.38. The van der Waals surface area contributed by atoms with Crippen LogP contribution in [0.25, 0.3) is 0 Å². The van der Waals surface area contributed by atoms with E-state index < -0.39 is 12.0 Å². The molecule has 4 nitrogen and oxygen atoms in total. The van der Waals surface area contributed by atoms with Crippen molar-refractivity contribution in [1.29, 1.82) is 0 Å². The predicted molar refractivity (Wildman–Crippen MR) is 77.8 cm³/mol. The zero-order valence-corrected chi connectivity index (χ0v) is 11.8. The number of rotatable bonds is 5. The summed E-state index contributed by atoms with van der Waals surface area (Å²) in [5.74, 6) is -0.143. The number of benzene rings is 2. The van der Waals surface area contributed by atoms with Crippen molar-refractivity contribution in [2.24, 2.45) is 0 Å². The summed E-state index contributed by atoms with van der Waals surface area (Å²) < 4.78 is 23.1. The molecule has 0 aromatic heterocycles. The summed E-state index contributed by atoms with van der Waals surface area (Å²) in [6.07, 6.45) is 0. The Balaban J connectivity index is 2.27. The number of carbonyl (C=O) groups excluding carboxylic acids is 1. The van der Waals surface area contributed by atoms with E-state index in [-0.39, 0.29) is 5.82 Å². The molecule has 0 radical (unpaired) electrons. The minimum absolute atomic E-state index is 0.377. The molecule has 5 heteroatoms. The summed E-state index contributed by atoms with van der Waals surface area (Å²) in [4.78, 5) is 11.9. The van der Waals surface area contributed by atoms with Gasteiger partial charge in [-0.15, -0.1) is 0 Å². The number of anilines is 1. The number of halogens is 1. The molecule has 0 saturated carbocycles. The van der Waals surface area contributed by atoms with E-state index in [1.165, 1.54) is 19.2 Å². The highest BCUT2D eigenvalue weighted by atomic mass is 19.1. The van der Waals surface area contributed by atoms with Crippen molar-refractivity contribution < 1.29 is 18.7 Å². The first kappa shape index (κ1) is 14.8. The Labute approximate surface area is 122 Å². The summed E-state index contributed by atoms with van der Waals surface area (Å²) in [5, 5.41) is 2.97. The third kappa shape index (κ3) is 3.72. The molecular weight excluding hydrogens is 273 g/mol. The van der Waals surface area contributed by atoms with Gasteiger partial charge in [0.05, 0.1) is 14.2 Å². The number of methoxy groups -OCH3 is 2. The zero-order valence-electron chi connectivity index (χ0n) is 11.8. The molecule has 2 aromatic rings. The lowest BCUT2D eigenvalue weighted by molar-refractivity contribution is -0.141. The summed E-state index contributed by atoms with van der Waals surface area (Å²) in [5.41, 5.74) is 1.20. The van der Waals surface area contributed by atoms with Crippen LogP contribution in [0.1, 0.15) is 11.6 Å². The van der Waals surface area contributed by atoms with Crippen molar-refractivity contribution in [2.45, 2.75) is 6.04 Å². The van der Waals surface area contributed by atoms with Gasteiger partial charge < -0.3 is 14.8 Å². The van der Waals surface area contributed by atoms with Crippen LogP contribution in [0.5, 0.6) is 5.75 Å². The van der Waals surface area contributed by atoms with Crippen molar-refractivity contribution >= 4 is 11.7 Å². The van der Waals surface area contributed by atoms with Gasteiger partial charge in [0.15, 0.2) is 6.04 Å². The Bertz CT molecular complexity index is 613. The van der Waals surface area contributed by atoms with Gasteiger partial charge in [0.2, 0.25) is 0 Å². The molecule has 1 N–H and O–H groups in total. The summed E-state index contributed by atoms with van der Waals surface area (Å²) >= 11 is 0. The molecule has 1 atom stereocenters. The Hall–Kier alpha value is -2.56. The SMILES string of the molecule is COC(=O)C(Nc1cccc(F)c1)c1ccc(OC)cc1. The van der Waals surface area contributed by atoms with E-state index >= 15 is 0 Å². The number of nitrogens with one attached hydrogen (secondary N) is 1. The monoisotopic (exact) mass is 289 g/mol. The zero-order chi connectivity index (χ0) is 15.2. The lowest BCUT2D eigenvalue weighted by Gasteiger charge is -2.18. The Morgan fingerprint density at radius 3 is 2.43 bits per heavy atom. The van der Waals surface area contributed by atoms with Crippen LogP contribution >= 0.6 is 0 Å². The number of ether oxygens (including phenoxy) is 2. The number of carbonyl (C=O) groups is 1. The van der Waals surface area contributed by atoms with E-state index in [1.807, 2.05) is 0 Å². The van der Waals surface area contributed by atoms with Gasteiger partial charge in [-0.3, -0.25) is 0 Å². The minimum Gasteiger partial charge on any atom is -0.497 e. The highest BCUT2D eigenvalue weighted by molar-refractivity contribution is 5.81. The summed E-state index contributed by atoms with van der Waals surface area (Å²) in [6.45, 7) is 0. The van der Waals surface area contributed by atoms with E-state index in [1.54, 1.807) is 43.5 Å². The average molecular weight is 289 g/mol. The lowest BCUT2D eigenvalue weighted by atomic mass is 10.1. The fraction of sp³-hybridized carbons (Fsp3) is 0.188. The van der Waals surface area contributed by atoms with E-state index in [9.17, 15) is 9.18 Å². The maximum absolute atomic E-state index is 13.2. The standard InChI is InChI=1S/C16H16FNO3/c1-20-14-8-6-11(7-9-14)15(16(19)21-2)18-13-5-3-4-12(17)10-13/h3-10,15,18H,1-2H3. The van der Waals surface area contributed by atoms with Gasteiger partial charge in [0, 0.05) is 5.69 Å². The predicted octanol–water partition coefficient (Wildman–Crippen LogP) is 3.16. The van der Waals surface area contributed by atoms with Gasteiger partial charge in [-0.25, -0.2) is 9.18 Å². The van der Waals surface area contributed by atoms with Crippen LogP contribution in [0.3, 0.4) is 0 Å². The Kier molecular flexibility index (Phi) is 4.77. The molecule has 110 valence electrons. The van der Waals surface area contributed by atoms with Crippen molar-refractivity contribution in [3.05, 3.63) is 59.9 Å². The largest absolute Gasteiger partial charge is 0.497 e. The molecule has 0 amide bonds. The smallest absolute Gasteiger partial charge is 0.332 e. The van der Waals surface area contributed by atoms with E-state index in [0.29, 0.717) is 17.0 Å². The van der Waals surface area contributed by atoms with Crippen molar-refractivity contribution in [3.8, 4) is 5.75 Å². The third-order valence-electron chi connectivity index (χ3n) is 3.02. The number of hydrogen-bond acceptors (Lipinski definition) is 4. The molecule has 0 bridgehead atoms. The summed E-state index contributed by atoms with van der Waals surface area (Å²) in [7, 11) is 2.88. The molecule has 2 rings (SSSR count). The molecule has 0 aliphatic rings. The quantitative estimate of drug-likeness (QED) is 0.859. The van der Waals surface area contributed by atoms with Crippen molar-refractivity contribution in [1.82, 2.24) is 0 Å². The Morgan fingerprint density at radius 1 is 1.14 bits per heavy atom. The van der Waals surface area contributed by atoms with Crippen LogP contribution < -0.4 is 10.1 Å².